The van der Waals surface area contributed by atoms with E-state index in [1.807, 2.05) is 6.92 Å². The first-order valence-corrected chi connectivity index (χ1v) is 6.99. The molecule has 2 rings (SSSR count). The monoisotopic (exact) mass is 291 g/mol. The Morgan fingerprint density at radius 2 is 1.95 bits per heavy atom. The summed E-state index contributed by atoms with van der Waals surface area (Å²) in [4.78, 5) is 0. The lowest BCUT2D eigenvalue weighted by Crippen LogP contribution is -2.14. The molecule has 0 amide bonds. The van der Waals surface area contributed by atoms with Gasteiger partial charge in [0.2, 0.25) is 0 Å². The van der Waals surface area contributed by atoms with Gasteiger partial charge in [-0.05, 0) is 36.7 Å². The number of nitrogens with one attached hydrogen (secondary N) is 1. The molecule has 2 nitrogen and oxygen atoms in total. The second-order valence-electron chi connectivity index (χ2n) is 4.80. The van der Waals surface area contributed by atoms with Gasteiger partial charge < -0.3 is 10.1 Å². The molecular formula is C17H19F2NO. The molecular weight excluding hydrogens is 272 g/mol. The maximum atomic E-state index is 14.3. The molecule has 0 saturated heterocycles. The summed E-state index contributed by atoms with van der Waals surface area (Å²) in [6.07, 6.45) is 0.978. The van der Waals surface area contributed by atoms with E-state index in [1.165, 1.54) is 13.2 Å². The average Bonchev–Trinajstić information content (AvgIpc) is 2.50. The fourth-order valence-corrected chi connectivity index (χ4v) is 2.17. The van der Waals surface area contributed by atoms with Crippen molar-refractivity contribution in [2.24, 2.45) is 0 Å². The van der Waals surface area contributed by atoms with Crippen LogP contribution in [-0.4, -0.2) is 13.7 Å². The largest absolute Gasteiger partial charge is 0.494 e. The Bertz CT molecular complexity index is 614. The van der Waals surface area contributed by atoms with Gasteiger partial charge in [-0.1, -0.05) is 25.1 Å². The van der Waals surface area contributed by atoms with E-state index in [9.17, 15) is 8.78 Å². The van der Waals surface area contributed by atoms with E-state index in [0.29, 0.717) is 23.2 Å². The Morgan fingerprint density at radius 1 is 1.14 bits per heavy atom. The highest BCUT2D eigenvalue weighted by Crippen LogP contribution is 2.30. The molecule has 0 unspecified atom stereocenters. The quantitative estimate of drug-likeness (QED) is 0.808. The number of hydrogen-bond donors (Lipinski definition) is 1. The van der Waals surface area contributed by atoms with Crippen molar-refractivity contribution in [3.63, 3.8) is 0 Å². The Hall–Kier alpha value is -1.94. The van der Waals surface area contributed by atoms with Crippen molar-refractivity contribution in [2.45, 2.75) is 19.9 Å². The van der Waals surface area contributed by atoms with Gasteiger partial charge in [0.1, 0.15) is 5.82 Å². The molecule has 112 valence electrons. The SMILES string of the molecule is CCCNCc1cc(-c2cccc(OC)c2F)ccc1F. The van der Waals surface area contributed by atoms with Gasteiger partial charge in [0.25, 0.3) is 0 Å². The minimum atomic E-state index is -0.431. The molecule has 0 aliphatic heterocycles. The van der Waals surface area contributed by atoms with Crippen LogP contribution in [0.5, 0.6) is 5.75 Å². The van der Waals surface area contributed by atoms with Crippen LogP contribution in [-0.2, 0) is 6.54 Å². The third-order valence-corrected chi connectivity index (χ3v) is 3.28. The number of hydrogen-bond acceptors (Lipinski definition) is 2. The molecule has 2 aromatic carbocycles. The van der Waals surface area contributed by atoms with Crippen LogP contribution in [0, 0.1) is 11.6 Å². The highest BCUT2D eigenvalue weighted by atomic mass is 19.1. The van der Waals surface area contributed by atoms with Gasteiger partial charge in [-0.3, -0.25) is 0 Å². The lowest BCUT2D eigenvalue weighted by Gasteiger charge is -2.10. The molecule has 0 atom stereocenters. The van der Waals surface area contributed by atoms with Crippen LogP contribution in [0.2, 0.25) is 0 Å². The topological polar surface area (TPSA) is 21.3 Å². The summed E-state index contributed by atoms with van der Waals surface area (Å²) >= 11 is 0. The molecule has 1 N–H and O–H groups in total. The van der Waals surface area contributed by atoms with Crippen LogP contribution in [0.4, 0.5) is 8.78 Å². The van der Waals surface area contributed by atoms with E-state index in [1.54, 1.807) is 30.3 Å². The zero-order valence-electron chi connectivity index (χ0n) is 12.2. The van der Waals surface area contributed by atoms with Crippen molar-refractivity contribution in [1.82, 2.24) is 5.32 Å². The molecule has 21 heavy (non-hydrogen) atoms. The van der Waals surface area contributed by atoms with E-state index in [0.717, 1.165) is 13.0 Å². The summed E-state index contributed by atoms with van der Waals surface area (Å²) in [5.41, 5.74) is 1.58. The number of ether oxygens (including phenoxy) is 1. The summed E-state index contributed by atoms with van der Waals surface area (Å²) in [6, 6.07) is 9.57. The fourth-order valence-electron chi connectivity index (χ4n) is 2.17. The molecule has 4 heteroatoms. The molecule has 0 aromatic heterocycles. The van der Waals surface area contributed by atoms with Crippen molar-refractivity contribution < 1.29 is 13.5 Å². The third kappa shape index (κ3) is 3.58. The van der Waals surface area contributed by atoms with Crippen LogP contribution in [0.25, 0.3) is 11.1 Å². The summed E-state index contributed by atoms with van der Waals surface area (Å²) < 4.78 is 33.0. The molecule has 0 fully saturated rings. The van der Waals surface area contributed by atoms with E-state index in [2.05, 4.69) is 5.32 Å². The van der Waals surface area contributed by atoms with Gasteiger partial charge in [0, 0.05) is 17.7 Å². The second-order valence-corrected chi connectivity index (χ2v) is 4.80. The lowest BCUT2D eigenvalue weighted by atomic mass is 10.0. The van der Waals surface area contributed by atoms with Crippen molar-refractivity contribution in [3.8, 4) is 16.9 Å². The lowest BCUT2D eigenvalue weighted by molar-refractivity contribution is 0.387. The van der Waals surface area contributed by atoms with E-state index in [-0.39, 0.29) is 11.6 Å². The first-order chi connectivity index (χ1) is 10.2. The van der Waals surface area contributed by atoms with Gasteiger partial charge in [-0.2, -0.15) is 0 Å². The zero-order valence-corrected chi connectivity index (χ0v) is 12.2. The van der Waals surface area contributed by atoms with Gasteiger partial charge in [-0.15, -0.1) is 0 Å². The summed E-state index contributed by atoms with van der Waals surface area (Å²) in [6.45, 7) is 3.29. The highest BCUT2D eigenvalue weighted by molar-refractivity contribution is 5.66. The first-order valence-electron chi connectivity index (χ1n) is 6.99. The third-order valence-electron chi connectivity index (χ3n) is 3.28. The van der Waals surface area contributed by atoms with Crippen LogP contribution in [0.15, 0.2) is 36.4 Å². The number of halogens is 2. The Morgan fingerprint density at radius 3 is 2.67 bits per heavy atom. The Balaban J connectivity index is 2.34. The summed E-state index contributed by atoms with van der Waals surface area (Å²) in [5, 5.41) is 3.15. The number of benzene rings is 2. The average molecular weight is 291 g/mol. The molecule has 0 saturated carbocycles. The molecule has 0 aliphatic carbocycles. The van der Waals surface area contributed by atoms with Crippen LogP contribution in [0.3, 0.4) is 0 Å². The van der Waals surface area contributed by atoms with E-state index >= 15 is 0 Å². The zero-order chi connectivity index (χ0) is 15.2. The minimum Gasteiger partial charge on any atom is -0.494 e. The van der Waals surface area contributed by atoms with Crippen molar-refractivity contribution in [1.29, 1.82) is 0 Å². The Kier molecular flexibility index (Phi) is 5.28. The van der Waals surface area contributed by atoms with Crippen LogP contribution < -0.4 is 10.1 Å². The molecule has 0 heterocycles. The van der Waals surface area contributed by atoms with Gasteiger partial charge in [0.15, 0.2) is 11.6 Å². The van der Waals surface area contributed by atoms with E-state index < -0.39 is 5.82 Å². The second kappa shape index (κ2) is 7.18. The van der Waals surface area contributed by atoms with Crippen LogP contribution >= 0.6 is 0 Å². The fraction of sp³-hybridized carbons (Fsp3) is 0.294. The van der Waals surface area contributed by atoms with Crippen molar-refractivity contribution in [3.05, 3.63) is 53.6 Å². The normalized spacial score (nSPS) is 10.7. The first kappa shape index (κ1) is 15.4. The summed E-state index contributed by atoms with van der Waals surface area (Å²) in [5.74, 6) is -0.535. The molecule has 0 bridgehead atoms. The molecule has 0 spiro atoms. The predicted molar refractivity (Wildman–Crippen MR) is 80.3 cm³/mol. The molecule has 0 radical (unpaired) electrons. The maximum absolute atomic E-state index is 14.3. The van der Waals surface area contributed by atoms with Crippen molar-refractivity contribution >= 4 is 0 Å². The van der Waals surface area contributed by atoms with Gasteiger partial charge in [-0.25, -0.2) is 8.78 Å². The van der Waals surface area contributed by atoms with Crippen molar-refractivity contribution in [2.75, 3.05) is 13.7 Å². The van der Waals surface area contributed by atoms with Crippen LogP contribution in [0.1, 0.15) is 18.9 Å². The van der Waals surface area contributed by atoms with E-state index in [4.69, 9.17) is 4.74 Å². The van der Waals surface area contributed by atoms with Gasteiger partial charge in [0.05, 0.1) is 7.11 Å². The molecule has 2 aromatic rings. The number of rotatable bonds is 6. The smallest absolute Gasteiger partial charge is 0.172 e. The standard InChI is InChI=1S/C17H19F2NO/c1-3-9-20-11-13-10-12(7-8-15(13)18)14-5-4-6-16(21-2)17(14)19/h4-8,10,20H,3,9,11H2,1-2H3. The molecule has 0 aliphatic rings. The number of methoxy groups -OCH3 is 1. The highest BCUT2D eigenvalue weighted by Gasteiger charge is 2.12. The maximum Gasteiger partial charge on any atom is 0.172 e. The predicted octanol–water partition coefficient (Wildman–Crippen LogP) is 4.14. The summed E-state index contributed by atoms with van der Waals surface area (Å²) in [7, 11) is 1.42. The van der Waals surface area contributed by atoms with Gasteiger partial charge >= 0.3 is 0 Å². The Labute approximate surface area is 123 Å². The minimum absolute atomic E-state index is 0.183.